The van der Waals surface area contributed by atoms with Crippen molar-refractivity contribution in [2.24, 2.45) is 5.92 Å². The average Bonchev–Trinajstić information content (AvgIpc) is 2.43. The van der Waals surface area contributed by atoms with Gasteiger partial charge < -0.3 is 0 Å². The third-order valence-corrected chi connectivity index (χ3v) is 5.21. The Morgan fingerprint density at radius 3 is 2.95 bits per heavy atom. The normalized spacial score (nSPS) is 23.5. The minimum absolute atomic E-state index is 0.289. The molecule has 0 saturated heterocycles. The molecule has 0 spiro atoms. The predicted molar refractivity (Wildman–Crippen MR) is 81.5 cm³/mol. The number of hydrogen-bond acceptors (Lipinski definition) is 1. The molecule has 1 heterocycles. The molecule has 0 saturated carbocycles. The lowest BCUT2D eigenvalue weighted by atomic mass is 9.64. The van der Waals surface area contributed by atoms with E-state index in [1.165, 1.54) is 47.6 Å². The van der Waals surface area contributed by atoms with Crippen LogP contribution in [0.15, 0.2) is 30.6 Å². The third kappa shape index (κ3) is 1.87. The first-order chi connectivity index (χ1) is 9.16. The molecule has 1 heteroatoms. The van der Waals surface area contributed by atoms with Crippen molar-refractivity contribution in [3.63, 3.8) is 0 Å². The number of aromatic nitrogens is 1. The Kier molecular flexibility index (Phi) is 3.08. The van der Waals surface area contributed by atoms with Crippen molar-refractivity contribution in [3.8, 4) is 0 Å². The van der Waals surface area contributed by atoms with Crippen molar-refractivity contribution in [2.45, 2.75) is 51.9 Å². The topological polar surface area (TPSA) is 12.9 Å². The van der Waals surface area contributed by atoms with Gasteiger partial charge in [0, 0.05) is 17.8 Å². The molecule has 19 heavy (non-hydrogen) atoms. The molecule has 0 radical (unpaired) electrons. The van der Waals surface area contributed by atoms with Crippen LogP contribution < -0.4 is 0 Å². The van der Waals surface area contributed by atoms with E-state index in [1.54, 1.807) is 0 Å². The van der Waals surface area contributed by atoms with Crippen molar-refractivity contribution in [3.05, 3.63) is 41.7 Å². The summed E-state index contributed by atoms with van der Waals surface area (Å²) in [5, 5.41) is 2.79. The predicted octanol–water partition coefficient (Wildman–Crippen LogP) is 4.87. The van der Waals surface area contributed by atoms with Crippen LogP contribution in [-0.4, -0.2) is 4.98 Å². The van der Waals surface area contributed by atoms with Gasteiger partial charge in [0.2, 0.25) is 0 Å². The fraction of sp³-hybridized carbons (Fsp3) is 0.500. The molecule has 2 unspecified atom stereocenters. The van der Waals surface area contributed by atoms with E-state index in [0.29, 0.717) is 0 Å². The summed E-state index contributed by atoms with van der Waals surface area (Å²) in [6, 6.07) is 6.66. The van der Waals surface area contributed by atoms with Gasteiger partial charge in [-0.05, 0) is 40.7 Å². The fourth-order valence-electron chi connectivity index (χ4n) is 3.75. The molecule has 0 bridgehead atoms. The van der Waals surface area contributed by atoms with E-state index in [2.05, 4.69) is 50.2 Å². The molecule has 1 nitrogen and oxygen atoms in total. The van der Waals surface area contributed by atoms with Crippen LogP contribution in [-0.2, 0) is 11.8 Å². The lowest BCUT2D eigenvalue weighted by Gasteiger charge is -2.40. The second-order valence-electron chi connectivity index (χ2n) is 6.31. The standard InChI is InChI=1S/C18H23N/c1-4-6-13(2)18(3)10-9-14-7-5-8-15-11-19-12-16(18)17(14)15/h5,7-8,11-13H,4,6,9-10H2,1-3H3. The van der Waals surface area contributed by atoms with E-state index >= 15 is 0 Å². The van der Waals surface area contributed by atoms with Gasteiger partial charge in [-0.15, -0.1) is 0 Å². The first-order valence-corrected chi connectivity index (χ1v) is 7.53. The van der Waals surface area contributed by atoms with Crippen molar-refractivity contribution in [2.75, 3.05) is 0 Å². The summed E-state index contributed by atoms with van der Waals surface area (Å²) in [6.07, 6.45) is 9.16. The summed E-state index contributed by atoms with van der Waals surface area (Å²) in [5.74, 6) is 0.721. The summed E-state index contributed by atoms with van der Waals surface area (Å²) < 4.78 is 0. The zero-order valence-electron chi connectivity index (χ0n) is 12.2. The van der Waals surface area contributed by atoms with Gasteiger partial charge in [0.25, 0.3) is 0 Å². The lowest BCUT2D eigenvalue weighted by molar-refractivity contribution is 0.272. The van der Waals surface area contributed by atoms with Crippen LogP contribution in [0.1, 0.15) is 51.2 Å². The minimum Gasteiger partial charge on any atom is -0.264 e. The van der Waals surface area contributed by atoms with E-state index in [9.17, 15) is 0 Å². The number of benzene rings is 1. The van der Waals surface area contributed by atoms with Crippen LogP contribution in [0.5, 0.6) is 0 Å². The molecule has 1 aliphatic rings. The Balaban J connectivity index is 2.21. The van der Waals surface area contributed by atoms with Crippen molar-refractivity contribution < 1.29 is 0 Å². The van der Waals surface area contributed by atoms with Crippen LogP contribution in [0.2, 0.25) is 0 Å². The molecular formula is C18H23N. The quantitative estimate of drug-likeness (QED) is 0.760. The highest BCUT2D eigenvalue weighted by Crippen LogP contribution is 2.45. The van der Waals surface area contributed by atoms with Crippen LogP contribution in [0.25, 0.3) is 10.8 Å². The largest absolute Gasteiger partial charge is 0.264 e. The number of aryl methyl sites for hydroxylation is 1. The lowest BCUT2D eigenvalue weighted by Crippen LogP contribution is -2.34. The first kappa shape index (κ1) is 12.7. The molecule has 100 valence electrons. The molecule has 2 atom stereocenters. The van der Waals surface area contributed by atoms with Crippen molar-refractivity contribution in [1.82, 2.24) is 4.98 Å². The summed E-state index contributed by atoms with van der Waals surface area (Å²) >= 11 is 0. The summed E-state index contributed by atoms with van der Waals surface area (Å²) in [6.45, 7) is 7.14. The van der Waals surface area contributed by atoms with Crippen molar-refractivity contribution in [1.29, 1.82) is 0 Å². The van der Waals surface area contributed by atoms with Gasteiger partial charge in [0.05, 0.1) is 0 Å². The van der Waals surface area contributed by atoms with Gasteiger partial charge in [-0.3, -0.25) is 4.98 Å². The zero-order chi connectivity index (χ0) is 13.5. The highest BCUT2D eigenvalue weighted by Gasteiger charge is 2.37. The maximum atomic E-state index is 4.50. The minimum atomic E-state index is 0.289. The molecule has 1 aliphatic carbocycles. The van der Waals surface area contributed by atoms with E-state index < -0.39 is 0 Å². The molecule has 3 rings (SSSR count). The molecule has 2 aromatic rings. The van der Waals surface area contributed by atoms with Crippen LogP contribution in [0.4, 0.5) is 0 Å². The van der Waals surface area contributed by atoms with E-state index in [1.807, 2.05) is 6.20 Å². The van der Waals surface area contributed by atoms with Gasteiger partial charge in [0.15, 0.2) is 0 Å². The Bertz CT molecular complexity index is 596. The number of nitrogens with zero attached hydrogens (tertiary/aromatic N) is 1. The molecule has 1 aromatic carbocycles. The monoisotopic (exact) mass is 253 g/mol. The average molecular weight is 253 g/mol. The van der Waals surface area contributed by atoms with Crippen LogP contribution in [0, 0.1) is 5.92 Å². The van der Waals surface area contributed by atoms with Crippen LogP contribution >= 0.6 is 0 Å². The maximum absolute atomic E-state index is 4.50. The van der Waals surface area contributed by atoms with Crippen molar-refractivity contribution >= 4 is 10.8 Å². The number of hydrogen-bond donors (Lipinski definition) is 0. The highest BCUT2D eigenvalue weighted by molar-refractivity contribution is 5.89. The summed E-state index contributed by atoms with van der Waals surface area (Å²) in [5.41, 5.74) is 3.28. The molecule has 1 aromatic heterocycles. The molecule has 0 N–H and O–H groups in total. The van der Waals surface area contributed by atoms with Gasteiger partial charge >= 0.3 is 0 Å². The second-order valence-corrected chi connectivity index (χ2v) is 6.31. The smallest absolute Gasteiger partial charge is 0.0346 e. The second kappa shape index (κ2) is 4.63. The van der Waals surface area contributed by atoms with Crippen LogP contribution in [0.3, 0.4) is 0 Å². The Labute approximate surface area is 116 Å². The van der Waals surface area contributed by atoms with E-state index in [-0.39, 0.29) is 5.41 Å². The Morgan fingerprint density at radius 1 is 1.32 bits per heavy atom. The first-order valence-electron chi connectivity index (χ1n) is 7.53. The number of pyridine rings is 1. The highest BCUT2D eigenvalue weighted by atomic mass is 14.6. The summed E-state index contributed by atoms with van der Waals surface area (Å²) in [7, 11) is 0. The molecule has 0 aliphatic heterocycles. The molecular weight excluding hydrogens is 230 g/mol. The zero-order valence-corrected chi connectivity index (χ0v) is 12.2. The van der Waals surface area contributed by atoms with Gasteiger partial charge in [0.1, 0.15) is 0 Å². The third-order valence-electron chi connectivity index (χ3n) is 5.21. The van der Waals surface area contributed by atoms with Gasteiger partial charge in [-0.2, -0.15) is 0 Å². The maximum Gasteiger partial charge on any atom is 0.0346 e. The summed E-state index contributed by atoms with van der Waals surface area (Å²) in [4.78, 5) is 4.50. The van der Waals surface area contributed by atoms with E-state index in [4.69, 9.17) is 0 Å². The van der Waals surface area contributed by atoms with Gasteiger partial charge in [-0.25, -0.2) is 0 Å². The molecule has 0 amide bonds. The Morgan fingerprint density at radius 2 is 2.16 bits per heavy atom. The van der Waals surface area contributed by atoms with E-state index in [0.717, 1.165) is 5.92 Å². The Hall–Kier alpha value is -1.37. The SMILES string of the molecule is CCCC(C)C1(C)CCc2cccc3cncc1c23. The fourth-order valence-corrected chi connectivity index (χ4v) is 3.75. The van der Waals surface area contributed by atoms with Gasteiger partial charge in [-0.1, -0.05) is 51.8 Å². The molecule has 0 fully saturated rings. The number of rotatable bonds is 3.